The topological polar surface area (TPSA) is 183 Å². The Balaban J connectivity index is 1.28. The Bertz CT molecular complexity index is 2770. The summed E-state index contributed by atoms with van der Waals surface area (Å²) in [6, 6.07) is 36.8. The minimum atomic E-state index is -4.63. The predicted octanol–water partition coefficient (Wildman–Crippen LogP) is 10.9. The molecule has 0 aromatic heterocycles. The summed E-state index contributed by atoms with van der Waals surface area (Å²) < 4.78 is 68.3. The molecule has 0 aliphatic heterocycles. The molecular formula is C36H24N6O6S2. The summed E-state index contributed by atoms with van der Waals surface area (Å²) in [4.78, 5) is -0.560. The van der Waals surface area contributed by atoms with Crippen molar-refractivity contribution >= 4 is 86.7 Å². The van der Waals surface area contributed by atoms with Crippen molar-refractivity contribution in [3.63, 3.8) is 0 Å². The molecule has 0 unspecified atom stereocenters. The van der Waals surface area contributed by atoms with Crippen molar-refractivity contribution in [3.8, 4) is 0 Å². The molecule has 0 amide bonds. The standard InChI is InChI=1S/C36H24N6O6S2/c43-49(44,45)34-17-7-13-26-27(34)14-6-16-29(26)38-39-30-19-20-31(25-12-5-4-11-24(25)30)40-41-32-21-22-33(42-37-23-9-2-1-3-10-23)36-28(32)15-8-18-35(36)50(46,47)48/h1-22H,(H,43,44,45)(H,46,47,48). The van der Waals surface area contributed by atoms with Gasteiger partial charge in [-0.2, -0.15) is 21.9 Å². The summed E-state index contributed by atoms with van der Waals surface area (Å²) in [7, 11) is -9.08. The molecule has 0 bridgehead atoms. The smallest absolute Gasteiger partial charge is 0.282 e. The zero-order valence-corrected chi connectivity index (χ0v) is 27.4. The van der Waals surface area contributed by atoms with E-state index in [2.05, 4.69) is 30.7 Å². The van der Waals surface area contributed by atoms with E-state index in [4.69, 9.17) is 0 Å². The van der Waals surface area contributed by atoms with Crippen molar-refractivity contribution in [2.45, 2.75) is 9.79 Å². The highest BCUT2D eigenvalue weighted by Crippen LogP contribution is 2.41. The van der Waals surface area contributed by atoms with Crippen LogP contribution in [0.4, 0.5) is 34.1 Å². The van der Waals surface area contributed by atoms with Gasteiger partial charge in [0.15, 0.2) is 0 Å². The third-order valence-corrected chi connectivity index (χ3v) is 9.62. The molecule has 0 radical (unpaired) electrons. The molecule has 0 saturated carbocycles. The van der Waals surface area contributed by atoms with Gasteiger partial charge in [0.25, 0.3) is 20.2 Å². The lowest BCUT2D eigenvalue weighted by atomic mass is 10.1. The van der Waals surface area contributed by atoms with Gasteiger partial charge >= 0.3 is 0 Å². The highest BCUT2D eigenvalue weighted by atomic mass is 32.2. The van der Waals surface area contributed by atoms with Crippen molar-refractivity contribution in [1.29, 1.82) is 0 Å². The Morgan fingerprint density at radius 3 is 1.34 bits per heavy atom. The van der Waals surface area contributed by atoms with Crippen LogP contribution in [0.25, 0.3) is 32.3 Å². The largest absolute Gasteiger partial charge is 0.295 e. The second kappa shape index (κ2) is 13.1. The van der Waals surface area contributed by atoms with Gasteiger partial charge in [-0.05, 0) is 54.6 Å². The summed E-state index contributed by atoms with van der Waals surface area (Å²) in [5.41, 5.74) is 2.53. The summed E-state index contributed by atoms with van der Waals surface area (Å²) >= 11 is 0. The highest BCUT2D eigenvalue weighted by Gasteiger charge is 2.19. The molecule has 0 fully saturated rings. The Morgan fingerprint density at radius 2 is 0.740 bits per heavy atom. The molecule has 2 N–H and O–H groups in total. The fourth-order valence-electron chi connectivity index (χ4n) is 5.57. The van der Waals surface area contributed by atoms with Gasteiger partial charge in [-0.1, -0.05) is 78.9 Å². The molecular weight excluding hydrogens is 677 g/mol. The lowest BCUT2D eigenvalue weighted by Gasteiger charge is -2.09. The van der Waals surface area contributed by atoms with E-state index >= 15 is 0 Å². The normalized spacial score (nSPS) is 12.7. The monoisotopic (exact) mass is 700 g/mol. The van der Waals surface area contributed by atoms with E-state index in [9.17, 15) is 25.9 Å². The number of azo groups is 3. The van der Waals surface area contributed by atoms with E-state index in [1.165, 1.54) is 24.3 Å². The van der Waals surface area contributed by atoms with Gasteiger partial charge < -0.3 is 0 Å². The third-order valence-electron chi connectivity index (χ3n) is 7.81. The van der Waals surface area contributed by atoms with Crippen LogP contribution >= 0.6 is 0 Å². The van der Waals surface area contributed by atoms with Crippen molar-refractivity contribution in [1.82, 2.24) is 0 Å². The Hall–Kier alpha value is -6.06. The zero-order valence-electron chi connectivity index (χ0n) is 25.7. The first-order valence-electron chi connectivity index (χ1n) is 14.9. The molecule has 12 nitrogen and oxygen atoms in total. The maximum Gasteiger partial charge on any atom is 0.295 e. The van der Waals surface area contributed by atoms with Crippen LogP contribution < -0.4 is 0 Å². The average molecular weight is 701 g/mol. The van der Waals surface area contributed by atoms with E-state index in [0.717, 1.165) is 0 Å². The maximum absolute atomic E-state index is 12.4. The molecule has 0 atom stereocenters. The van der Waals surface area contributed by atoms with Crippen molar-refractivity contribution in [2.75, 3.05) is 0 Å². The van der Waals surface area contributed by atoms with Gasteiger partial charge in [-0.3, -0.25) is 9.11 Å². The molecule has 0 aliphatic rings. The van der Waals surface area contributed by atoms with Crippen LogP contribution in [0.5, 0.6) is 0 Å². The van der Waals surface area contributed by atoms with Crippen LogP contribution in [0, 0.1) is 0 Å². The number of rotatable bonds is 8. The quantitative estimate of drug-likeness (QED) is 0.117. The number of benzene rings is 7. The zero-order chi connectivity index (χ0) is 34.9. The predicted molar refractivity (Wildman–Crippen MR) is 190 cm³/mol. The fourth-order valence-corrected chi connectivity index (χ4v) is 6.99. The minimum absolute atomic E-state index is 0.142. The fraction of sp³-hybridized carbons (Fsp3) is 0. The summed E-state index contributed by atoms with van der Waals surface area (Å²) in [6.07, 6.45) is 0. The molecule has 7 aromatic carbocycles. The van der Waals surface area contributed by atoms with Gasteiger partial charge in [-0.15, -0.1) is 25.6 Å². The molecule has 0 heterocycles. The Kier molecular flexibility index (Phi) is 8.51. The third kappa shape index (κ3) is 6.51. The second-order valence-electron chi connectivity index (χ2n) is 10.9. The molecule has 0 saturated heterocycles. The molecule has 14 heteroatoms. The molecule has 50 heavy (non-hydrogen) atoms. The van der Waals surface area contributed by atoms with E-state index in [-0.39, 0.29) is 20.9 Å². The summed E-state index contributed by atoms with van der Waals surface area (Å²) in [6.45, 7) is 0. The van der Waals surface area contributed by atoms with Gasteiger partial charge in [0.05, 0.1) is 34.1 Å². The number of nitrogens with zero attached hydrogens (tertiary/aromatic N) is 6. The minimum Gasteiger partial charge on any atom is -0.282 e. The van der Waals surface area contributed by atoms with Crippen molar-refractivity contribution in [2.24, 2.45) is 30.7 Å². The molecule has 246 valence electrons. The lowest BCUT2D eigenvalue weighted by molar-refractivity contribution is 0.482. The maximum atomic E-state index is 12.4. The van der Waals surface area contributed by atoms with E-state index in [1.54, 1.807) is 78.9 Å². The van der Waals surface area contributed by atoms with Crippen LogP contribution in [0.3, 0.4) is 0 Å². The first kappa shape index (κ1) is 32.5. The summed E-state index contributed by atoms with van der Waals surface area (Å²) in [5.74, 6) is 0. The van der Waals surface area contributed by atoms with E-state index in [1.807, 2.05) is 30.3 Å². The first-order valence-corrected chi connectivity index (χ1v) is 17.8. The van der Waals surface area contributed by atoms with E-state index < -0.39 is 20.2 Å². The van der Waals surface area contributed by atoms with Crippen LogP contribution in [0.2, 0.25) is 0 Å². The average Bonchev–Trinajstić information content (AvgIpc) is 3.11. The van der Waals surface area contributed by atoms with E-state index in [0.29, 0.717) is 55.4 Å². The van der Waals surface area contributed by atoms with Gasteiger partial charge in [0, 0.05) is 32.3 Å². The van der Waals surface area contributed by atoms with Crippen LogP contribution in [-0.4, -0.2) is 25.9 Å². The number of fused-ring (bicyclic) bond motifs is 3. The highest BCUT2D eigenvalue weighted by molar-refractivity contribution is 7.86. The Morgan fingerprint density at radius 1 is 0.340 bits per heavy atom. The second-order valence-corrected chi connectivity index (χ2v) is 13.7. The SMILES string of the molecule is O=S(=O)(O)c1cccc2c(N=Nc3ccc(N=Nc4ccc(N=Nc5ccccc5)c5c(S(=O)(=O)O)cccc45)c4ccccc34)cccc12. The number of hydrogen-bond donors (Lipinski definition) is 2. The van der Waals surface area contributed by atoms with Gasteiger partial charge in [-0.25, -0.2) is 0 Å². The van der Waals surface area contributed by atoms with Crippen LogP contribution in [-0.2, 0) is 20.2 Å². The first-order chi connectivity index (χ1) is 24.1. The molecule has 0 aliphatic carbocycles. The molecule has 7 rings (SSSR count). The van der Waals surface area contributed by atoms with Crippen molar-refractivity contribution < 1.29 is 25.9 Å². The van der Waals surface area contributed by atoms with Gasteiger partial charge in [0.1, 0.15) is 9.79 Å². The number of hydrogen-bond acceptors (Lipinski definition) is 10. The van der Waals surface area contributed by atoms with Crippen LogP contribution in [0.15, 0.2) is 174 Å². The lowest BCUT2D eigenvalue weighted by Crippen LogP contribution is -1.99. The Labute approximate surface area is 285 Å². The summed E-state index contributed by atoms with van der Waals surface area (Å²) in [5, 5.41) is 29.1. The molecule has 7 aromatic rings. The molecule has 0 spiro atoms. The van der Waals surface area contributed by atoms with Crippen LogP contribution in [0.1, 0.15) is 0 Å². The van der Waals surface area contributed by atoms with Crippen molar-refractivity contribution in [3.05, 3.63) is 133 Å². The van der Waals surface area contributed by atoms with Gasteiger partial charge in [0.2, 0.25) is 0 Å².